The lowest BCUT2D eigenvalue weighted by Crippen LogP contribution is -2.04. The summed E-state index contributed by atoms with van der Waals surface area (Å²) in [5.41, 5.74) is 1.15. The molecule has 0 spiro atoms. The second kappa shape index (κ2) is 4.93. The van der Waals surface area contributed by atoms with E-state index in [0.29, 0.717) is 17.8 Å². The number of aromatic carboxylic acids is 1. The molecule has 0 fully saturated rings. The second-order valence-electron chi connectivity index (χ2n) is 3.12. The number of rotatable bonds is 3. The number of carbonyl (C=O) groups is 1. The maximum absolute atomic E-state index is 10.8. The minimum absolute atomic E-state index is 0. The van der Waals surface area contributed by atoms with Crippen LogP contribution in [0.5, 0.6) is 0 Å². The van der Waals surface area contributed by atoms with E-state index in [-0.39, 0.29) is 22.7 Å². The molecule has 7 heteroatoms. The van der Waals surface area contributed by atoms with Gasteiger partial charge < -0.3 is 14.2 Å². The zero-order chi connectivity index (χ0) is 10.8. The van der Waals surface area contributed by atoms with E-state index in [2.05, 4.69) is 10.1 Å². The molecule has 0 aliphatic rings. The fraction of sp³-hybridized carbons (Fsp3) is 0.222. The van der Waals surface area contributed by atoms with Crippen LogP contribution >= 0.6 is 17.0 Å². The molecular formula is C9H10BrN3O3. The van der Waals surface area contributed by atoms with Crippen molar-refractivity contribution in [1.82, 2.24) is 14.7 Å². The molecule has 16 heavy (non-hydrogen) atoms. The van der Waals surface area contributed by atoms with Crippen molar-refractivity contribution in [3.63, 3.8) is 0 Å². The van der Waals surface area contributed by atoms with Crippen LogP contribution in [0.1, 0.15) is 21.8 Å². The van der Waals surface area contributed by atoms with Gasteiger partial charge in [0.15, 0.2) is 0 Å². The van der Waals surface area contributed by atoms with Gasteiger partial charge in [-0.05, 0) is 6.92 Å². The van der Waals surface area contributed by atoms with Gasteiger partial charge in [0, 0.05) is 18.0 Å². The maximum Gasteiger partial charge on any atom is 0.375 e. The van der Waals surface area contributed by atoms with E-state index >= 15 is 0 Å². The van der Waals surface area contributed by atoms with Crippen LogP contribution in [0.2, 0.25) is 0 Å². The summed E-state index contributed by atoms with van der Waals surface area (Å²) >= 11 is 0. The second-order valence-corrected chi connectivity index (χ2v) is 3.12. The van der Waals surface area contributed by atoms with Crippen LogP contribution in [0.4, 0.5) is 0 Å². The monoisotopic (exact) mass is 287 g/mol. The van der Waals surface area contributed by atoms with Gasteiger partial charge >= 0.3 is 5.97 Å². The van der Waals surface area contributed by atoms with Crippen LogP contribution in [-0.4, -0.2) is 25.8 Å². The van der Waals surface area contributed by atoms with Crippen LogP contribution in [0, 0.1) is 6.92 Å². The van der Waals surface area contributed by atoms with E-state index in [4.69, 9.17) is 9.63 Å². The van der Waals surface area contributed by atoms with Gasteiger partial charge in [0.1, 0.15) is 0 Å². The molecule has 0 aliphatic heterocycles. The summed E-state index contributed by atoms with van der Waals surface area (Å²) in [7, 11) is 0. The number of hydrogen-bond acceptors (Lipinski definition) is 4. The molecule has 2 aromatic heterocycles. The molecule has 0 saturated carbocycles. The Bertz CT molecular complexity index is 478. The van der Waals surface area contributed by atoms with E-state index in [1.807, 2.05) is 0 Å². The predicted molar refractivity (Wildman–Crippen MR) is 59.9 cm³/mol. The van der Waals surface area contributed by atoms with Gasteiger partial charge in [-0.15, -0.1) is 17.0 Å². The van der Waals surface area contributed by atoms with E-state index in [9.17, 15) is 4.79 Å². The Kier molecular flexibility index (Phi) is 3.83. The number of carboxylic acids is 1. The third kappa shape index (κ3) is 2.30. The van der Waals surface area contributed by atoms with Crippen LogP contribution in [0.25, 0.3) is 0 Å². The molecule has 6 nitrogen and oxygen atoms in total. The smallest absolute Gasteiger partial charge is 0.375 e. The zero-order valence-electron chi connectivity index (χ0n) is 8.45. The average molecular weight is 288 g/mol. The molecule has 0 aromatic carbocycles. The van der Waals surface area contributed by atoms with Gasteiger partial charge in [-0.1, -0.05) is 5.16 Å². The number of aromatic nitrogens is 3. The first kappa shape index (κ1) is 12.4. The van der Waals surface area contributed by atoms with Gasteiger partial charge in [-0.3, -0.25) is 0 Å². The number of halogens is 1. The Morgan fingerprint density at radius 1 is 1.62 bits per heavy atom. The zero-order valence-corrected chi connectivity index (χ0v) is 10.2. The lowest BCUT2D eigenvalue weighted by molar-refractivity contribution is 0.0650. The van der Waals surface area contributed by atoms with Gasteiger partial charge in [0.05, 0.1) is 18.6 Å². The van der Waals surface area contributed by atoms with Crippen LogP contribution in [0.15, 0.2) is 23.2 Å². The summed E-state index contributed by atoms with van der Waals surface area (Å²) in [5.74, 6) is -1.22. The molecule has 86 valence electrons. The maximum atomic E-state index is 10.8. The van der Waals surface area contributed by atoms with Crippen molar-refractivity contribution >= 4 is 23.0 Å². The molecule has 0 bridgehead atoms. The van der Waals surface area contributed by atoms with Gasteiger partial charge in [0.25, 0.3) is 0 Å². The molecule has 2 rings (SSSR count). The first-order valence-corrected chi connectivity index (χ1v) is 4.32. The lowest BCUT2D eigenvalue weighted by Gasteiger charge is -2.00. The Morgan fingerprint density at radius 2 is 2.38 bits per heavy atom. The van der Waals surface area contributed by atoms with Crippen LogP contribution < -0.4 is 0 Å². The highest BCUT2D eigenvalue weighted by atomic mass is 79.9. The van der Waals surface area contributed by atoms with E-state index in [1.54, 1.807) is 30.2 Å². The lowest BCUT2D eigenvalue weighted by atomic mass is 10.2. The predicted octanol–water partition coefficient (Wildman–Crippen LogP) is 1.50. The molecule has 0 radical (unpaired) electrons. The Labute approximate surface area is 102 Å². The van der Waals surface area contributed by atoms with Crippen molar-refractivity contribution in [3.8, 4) is 0 Å². The largest absolute Gasteiger partial charge is 0.475 e. The highest BCUT2D eigenvalue weighted by Gasteiger charge is 2.19. The Balaban J connectivity index is 0.00000128. The molecule has 0 amide bonds. The van der Waals surface area contributed by atoms with Crippen LogP contribution in [-0.2, 0) is 6.54 Å². The minimum Gasteiger partial charge on any atom is -0.475 e. The standard InChI is InChI=1S/C9H9N3O3.BrH/c1-6-7(4-12-3-2-10-5-12)8(9(13)14)15-11-6;/h2-3,5H,4H2,1H3,(H,13,14);1H. The SMILES string of the molecule is Br.Cc1noc(C(=O)O)c1Cn1ccnc1. The Morgan fingerprint density at radius 3 is 2.94 bits per heavy atom. The highest BCUT2D eigenvalue weighted by molar-refractivity contribution is 8.93. The van der Waals surface area contributed by atoms with Crippen molar-refractivity contribution in [2.24, 2.45) is 0 Å². The molecule has 0 aliphatic carbocycles. The quantitative estimate of drug-likeness (QED) is 0.925. The van der Waals surface area contributed by atoms with Crippen molar-refractivity contribution in [1.29, 1.82) is 0 Å². The number of hydrogen-bond donors (Lipinski definition) is 1. The van der Waals surface area contributed by atoms with Crippen molar-refractivity contribution < 1.29 is 14.4 Å². The van der Waals surface area contributed by atoms with Gasteiger partial charge in [-0.2, -0.15) is 0 Å². The topological polar surface area (TPSA) is 81.1 Å². The first-order valence-electron chi connectivity index (χ1n) is 4.32. The third-order valence-electron chi connectivity index (χ3n) is 2.08. The van der Waals surface area contributed by atoms with E-state index in [1.165, 1.54) is 0 Å². The molecule has 0 saturated heterocycles. The fourth-order valence-corrected chi connectivity index (χ4v) is 1.31. The summed E-state index contributed by atoms with van der Waals surface area (Å²) in [6.07, 6.45) is 4.99. The van der Waals surface area contributed by atoms with E-state index < -0.39 is 5.97 Å². The number of aryl methyl sites for hydroxylation is 1. The summed E-state index contributed by atoms with van der Waals surface area (Å²) in [6, 6.07) is 0. The minimum atomic E-state index is -1.11. The van der Waals surface area contributed by atoms with Crippen molar-refractivity contribution in [2.75, 3.05) is 0 Å². The van der Waals surface area contributed by atoms with E-state index in [0.717, 1.165) is 0 Å². The normalized spacial score (nSPS) is 9.81. The summed E-state index contributed by atoms with van der Waals surface area (Å²) < 4.78 is 6.48. The fourth-order valence-electron chi connectivity index (χ4n) is 1.31. The number of nitrogens with zero attached hydrogens (tertiary/aromatic N) is 3. The summed E-state index contributed by atoms with van der Waals surface area (Å²) in [5, 5.41) is 12.5. The molecule has 2 heterocycles. The number of imidazole rings is 1. The molecule has 2 aromatic rings. The molecule has 0 unspecified atom stereocenters. The average Bonchev–Trinajstić information content (AvgIpc) is 2.78. The summed E-state index contributed by atoms with van der Waals surface area (Å²) in [4.78, 5) is 14.7. The molecule has 0 atom stereocenters. The number of carboxylic acid groups (broad SMARTS) is 1. The first-order chi connectivity index (χ1) is 7.18. The third-order valence-corrected chi connectivity index (χ3v) is 2.08. The molecule has 1 N–H and O–H groups in total. The van der Waals surface area contributed by atoms with Gasteiger partial charge in [-0.25, -0.2) is 9.78 Å². The van der Waals surface area contributed by atoms with Gasteiger partial charge in [0.2, 0.25) is 5.76 Å². The summed E-state index contributed by atoms with van der Waals surface area (Å²) in [6.45, 7) is 2.11. The highest BCUT2D eigenvalue weighted by Crippen LogP contribution is 2.14. The molecular weight excluding hydrogens is 278 g/mol. The Hall–Kier alpha value is -1.63. The van der Waals surface area contributed by atoms with Crippen molar-refractivity contribution in [3.05, 3.63) is 35.7 Å². The van der Waals surface area contributed by atoms with Crippen molar-refractivity contribution in [2.45, 2.75) is 13.5 Å². The van der Waals surface area contributed by atoms with Crippen LogP contribution in [0.3, 0.4) is 0 Å².